The van der Waals surface area contributed by atoms with E-state index in [1.165, 1.54) is 0 Å². The maximum atomic E-state index is 10.6. The van der Waals surface area contributed by atoms with Gasteiger partial charge in [0.05, 0.1) is 0 Å². The number of hydrogen-bond donors (Lipinski definition) is 1. The standard InChI is InChI=1S/C10H9N2O2/c1-7-5-12(6-9(13)14)10-8(7)3-2-4-11-10/h3-5H,6H2,1H3,(H,13,14). The van der Waals surface area contributed by atoms with E-state index in [4.69, 9.17) is 5.11 Å². The molecule has 0 fully saturated rings. The van der Waals surface area contributed by atoms with Gasteiger partial charge in [0.2, 0.25) is 0 Å². The van der Waals surface area contributed by atoms with Gasteiger partial charge in [-0.2, -0.15) is 0 Å². The monoisotopic (exact) mass is 189 g/mol. The molecule has 71 valence electrons. The third-order valence-electron chi connectivity index (χ3n) is 2.08. The van der Waals surface area contributed by atoms with E-state index in [0.29, 0.717) is 5.65 Å². The molecule has 0 saturated heterocycles. The summed E-state index contributed by atoms with van der Waals surface area (Å²) in [5.74, 6) is -0.864. The molecule has 1 radical (unpaired) electrons. The summed E-state index contributed by atoms with van der Waals surface area (Å²) < 4.78 is 1.63. The van der Waals surface area contributed by atoms with E-state index in [1.54, 1.807) is 17.0 Å². The molecular formula is C10H9N2O2. The molecule has 0 aromatic carbocycles. The molecule has 0 saturated carbocycles. The lowest BCUT2D eigenvalue weighted by Gasteiger charge is -1.98. The molecule has 2 aromatic heterocycles. The number of aromatic nitrogens is 2. The predicted octanol–water partition coefficient (Wildman–Crippen LogP) is 1.23. The number of fused-ring (bicyclic) bond motifs is 1. The zero-order valence-corrected chi connectivity index (χ0v) is 7.69. The molecule has 0 bridgehead atoms. The lowest BCUT2D eigenvalue weighted by Crippen LogP contribution is -2.07. The van der Waals surface area contributed by atoms with E-state index in [9.17, 15) is 4.79 Å². The molecule has 0 unspecified atom stereocenters. The normalized spacial score (nSPS) is 10.6. The highest BCUT2D eigenvalue weighted by molar-refractivity contribution is 5.81. The number of nitrogens with zero attached hydrogens (tertiary/aromatic N) is 2. The molecule has 0 aliphatic rings. The van der Waals surface area contributed by atoms with Gasteiger partial charge in [0.25, 0.3) is 0 Å². The van der Waals surface area contributed by atoms with Crippen LogP contribution >= 0.6 is 0 Å². The highest BCUT2D eigenvalue weighted by atomic mass is 16.4. The third-order valence-corrected chi connectivity index (χ3v) is 2.08. The summed E-state index contributed by atoms with van der Waals surface area (Å²) in [7, 11) is 0. The Labute approximate surface area is 80.8 Å². The van der Waals surface area contributed by atoms with E-state index >= 15 is 0 Å². The molecule has 4 heteroatoms. The zero-order chi connectivity index (χ0) is 10.1. The van der Waals surface area contributed by atoms with E-state index in [0.717, 1.165) is 10.9 Å². The largest absolute Gasteiger partial charge is 0.480 e. The molecule has 0 aliphatic heterocycles. The van der Waals surface area contributed by atoms with E-state index in [2.05, 4.69) is 11.1 Å². The molecule has 2 heterocycles. The van der Waals surface area contributed by atoms with Crippen molar-refractivity contribution in [1.82, 2.24) is 9.55 Å². The summed E-state index contributed by atoms with van der Waals surface area (Å²) in [6, 6.07) is 4.69. The maximum absolute atomic E-state index is 10.6. The Hall–Kier alpha value is -1.84. The fourth-order valence-electron chi connectivity index (χ4n) is 1.50. The summed E-state index contributed by atoms with van der Waals surface area (Å²) >= 11 is 0. The van der Waals surface area contributed by atoms with Crippen LogP contribution in [-0.4, -0.2) is 20.6 Å². The molecular weight excluding hydrogens is 180 g/mol. The van der Waals surface area contributed by atoms with Gasteiger partial charge >= 0.3 is 5.97 Å². The predicted molar refractivity (Wildman–Crippen MR) is 50.9 cm³/mol. The number of rotatable bonds is 2. The molecule has 0 atom stereocenters. The summed E-state index contributed by atoms with van der Waals surface area (Å²) in [6.07, 6.45) is 3.33. The zero-order valence-electron chi connectivity index (χ0n) is 7.69. The smallest absolute Gasteiger partial charge is 0.323 e. The molecule has 2 rings (SSSR count). The van der Waals surface area contributed by atoms with Crippen molar-refractivity contribution in [2.75, 3.05) is 0 Å². The molecule has 14 heavy (non-hydrogen) atoms. The van der Waals surface area contributed by atoms with Gasteiger partial charge in [-0.1, -0.05) is 0 Å². The lowest BCUT2D eigenvalue weighted by molar-refractivity contribution is -0.137. The molecule has 4 nitrogen and oxygen atoms in total. The Kier molecular flexibility index (Phi) is 1.96. The van der Waals surface area contributed by atoms with Gasteiger partial charge in [-0.05, 0) is 18.6 Å². The van der Waals surface area contributed by atoms with Crippen LogP contribution in [0, 0.1) is 13.0 Å². The number of carboxylic acid groups (broad SMARTS) is 1. The van der Waals surface area contributed by atoms with Crippen LogP contribution < -0.4 is 0 Å². The average Bonchev–Trinajstić information content (AvgIpc) is 2.44. The summed E-state index contributed by atoms with van der Waals surface area (Å²) in [4.78, 5) is 14.7. The Morgan fingerprint density at radius 1 is 1.71 bits per heavy atom. The van der Waals surface area contributed by atoms with Crippen LogP contribution in [0.1, 0.15) is 5.56 Å². The van der Waals surface area contributed by atoms with E-state index in [1.807, 2.05) is 13.0 Å². The minimum Gasteiger partial charge on any atom is -0.480 e. The first-order valence-electron chi connectivity index (χ1n) is 4.22. The molecule has 1 N–H and O–H groups in total. The second kappa shape index (κ2) is 3.14. The number of hydrogen-bond acceptors (Lipinski definition) is 2. The second-order valence-electron chi connectivity index (χ2n) is 3.14. The SMILES string of the molecule is Cc1cn(CC(=O)O)c2nc[c]cc12. The lowest BCUT2D eigenvalue weighted by atomic mass is 10.2. The highest BCUT2D eigenvalue weighted by Crippen LogP contribution is 2.17. The van der Waals surface area contributed by atoms with Gasteiger partial charge in [0, 0.05) is 23.8 Å². The Morgan fingerprint density at radius 3 is 3.21 bits per heavy atom. The van der Waals surface area contributed by atoms with Crippen molar-refractivity contribution in [3.8, 4) is 0 Å². The molecule has 0 amide bonds. The maximum Gasteiger partial charge on any atom is 0.323 e. The van der Waals surface area contributed by atoms with Crippen LogP contribution in [0.2, 0.25) is 0 Å². The van der Waals surface area contributed by atoms with Crippen molar-refractivity contribution >= 4 is 17.0 Å². The average molecular weight is 189 g/mol. The Morgan fingerprint density at radius 2 is 2.50 bits per heavy atom. The van der Waals surface area contributed by atoms with Gasteiger partial charge in [0.1, 0.15) is 12.2 Å². The minimum atomic E-state index is -0.864. The van der Waals surface area contributed by atoms with Crippen molar-refractivity contribution in [3.05, 3.63) is 30.1 Å². The topological polar surface area (TPSA) is 55.1 Å². The first kappa shape index (κ1) is 8.74. The quantitative estimate of drug-likeness (QED) is 0.773. The Bertz CT molecular complexity index is 488. The molecule has 0 aliphatic carbocycles. The summed E-state index contributed by atoms with van der Waals surface area (Å²) in [5.41, 5.74) is 1.72. The summed E-state index contributed by atoms with van der Waals surface area (Å²) in [5, 5.41) is 9.63. The van der Waals surface area contributed by atoms with Gasteiger partial charge in [0.15, 0.2) is 0 Å². The van der Waals surface area contributed by atoms with Crippen LogP contribution in [0.15, 0.2) is 18.5 Å². The van der Waals surface area contributed by atoms with Gasteiger partial charge < -0.3 is 9.67 Å². The number of carbonyl (C=O) groups is 1. The van der Waals surface area contributed by atoms with Crippen LogP contribution in [0.25, 0.3) is 11.0 Å². The van der Waals surface area contributed by atoms with Crippen LogP contribution in [0.4, 0.5) is 0 Å². The fraction of sp³-hybridized carbons (Fsp3) is 0.200. The van der Waals surface area contributed by atoms with Crippen molar-refractivity contribution in [2.45, 2.75) is 13.5 Å². The third kappa shape index (κ3) is 1.35. The Balaban J connectivity index is 2.60. The van der Waals surface area contributed by atoms with Gasteiger partial charge in [-0.3, -0.25) is 4.79 Å². The van der Waals surface area contributed by atoms with Gasteiger partial charge in [-0.15, -0.1) is 0 Å². The molecule has 0 spiro atoms. The van der Waals surface area contributed by atoms with Crippen LogP contribution in [0.3, 0.4) is 0 Å². The van der Waals surface area contributed by atoms with E-state index in [-0.39, 0.29) is 6.54 Å². The number of carboxylic acids is 1. The summed E-state index contributed by atoms with van der Waals surface area (Å²) in [6.45, 7) is 1.87. The fourth-order valence-corrected chi connectivity index (χ4v) is 1.50. The highest BCUT2D eigenvalue weighted by Gasteiger charge is 2.07. The van der Waals surface area contributed by atoms with Crippen LogP contribution in [-0.2, 0) is 11.3 Å². The van der Waals surface area contributed by atoms with Crippen molar-refractivity contribution in [2.24, 2.45) is 0 Å². The first-order chi connectivity index (χ1) is 6.68. The molecule has 2 aromatic rings. The van der Waals surface area contributed by atoms with Gasteiger partial charge in [-0.25, -0.2) is 4.98 Å². The number of aryl methyl sites for hydroxylation is 1. The van der Waals surface area contributed by atoms with Crippen molar-refractivity contribution in [1.29, 1.82) is 0 Å². The minimum absolute atomic E-state index is 0.0542. The number of pyridine rings is 1. The van der Waals surface area contributed by atoms with Crippen LogP contribution in [0.5, 0.6) is 0 Å². The van der Waals surface area contributed by atoms with E-state index < -0.39 is 5.97 Å². The number of aliphatic carboxylic acids is 1. The second-order valence-corrected chi connectivity index (χ2v) is 3.14. The first-order valence-corrected chi connectivity index (χ1v) is 4.22. The van der Waals surface area contributed by atoms with Crippen molar-refractivity contribution < 1.29 is 9.90 Å². The van der Waals surface area contributed by atoms with Crippen molar-refractivity contribution in [3.63, 3.8) is 0 Å².